The third-order valence-electron chi connectivity index (χ3n) is 2.14. The van der Waals surface area contributed by atoms with Crippen LogP contribution in [0.15, 0.2) is 28.9 Å². The normalized spacial score (nSPS) is 10.3. The molecule has 6 heteroatoms. The molecule has 0 atom stereocenters. The third-order valence-corrected chi connectivity index (χ3v) is 2.80. The van der Waals surface area contributed by atoms with E-state index < -0.39 is 5.82 Å². The van der Waals surface area contributed by atoms with Crippen LogP contribution in [0.1, 0.15) is 5.56 Å². The molecule has 0 aliphatic carbocycles. The molecule has 0 saturated heterocycles. The summed E-state index contributed by atoms with van der Waals surface area (Å²) in [7, 11) is 0. The SMILES string of the molecule is Cc1ccc(Nc2nc(N)ncc2F)c(Br)c1. The van der Waals surface area contributed by atoms with E-state index in [4.69, 9.17) is 5.73 Å². The second kappa shape index (κ2) is 4.67. The molecule has 1 heterocycles. The molecule has 0 unspecified atom stereocenters. The molecule has 0 amide bonds. The first-order valence-corrected chi connectivity index (χ1v) is 5.67. The van der Waals surface area contributed by atoms with E-state index in [9.17, 15) is 4.39 Å². The van der Waals surface area contributed by atoms with Crippen LogP contribution in [0, 0.1) is 12.7 Å². The Morgan fingerprint density at radius 2 is 2.18 bits per heavy atom. The van der Waals surface area contributed by atoms with E-state index in [0.717, 1.165) is 16.2 Å². The van der Waals surface area contributed by atoms with Gasteiger partial charge in [-0.05, 0) is 40.5 Å². The second-order valence-corrected chi connectivity index (χ2v) is 4.39. The van der Waals surface area contributed by atoms with Crippen molar-refractivity contribution < 1.29 is 4.39 Å². The first-order chi connectivity index (χ1) is 8.06. The van der Waals surface area contributed by atoms with Gasteiger partial charge in [-0.1, -0.05) is 6.07 Å². The molecule has 0 saturated carbocycles. The summed E-state index contributed by atoms with van der Waals surface area (Å²) in [6, 6.07) is 5.66. The molecule has 2 rings (SSSR count). The van der Waals surface area contributed by atoms with Gasteiger partial charge in [-0.2, -0.15) is 4.98 Å². The van der Waals surface area contributed by atoms with Crippen molar-refractivity contribution in [3.05, 3.63) is 40.2 Å². The van der Waals surface area contributed by atoms with Crippen molar-refractivity contribution in [2.75, 3.05) is 11.1 Å². The van der Waals surface area contributed by atoms with E-state index >= 15 is 0 Å². The van der Waals surface area contributed by atoms with Crippen LogP contribution >= 0.6 is 15.9 Å². The number of hydrogen-bond donors (Lipinski definition) is 2. The minimum Gasteiger partial charge on any atom is -0.368 e. The monoisotopic (exact) mass is 296 g/mol. The number of anilines is 3. The summed E-state index contributed by atoms with van der Waals surface area (Å²) >= 11 is 3.39. The molecule has 17 heavy (non-hydrogen) atoms. The molecule has 3 N–H and O–H groups in total. The zero-order valence-electron chi connectivity index (χ0n) is 9.04. The molecule has 0 aliphatic heterocycles. The lowest BCUT2D eigenvalue weighted by Crippen LogP contribution is -2.02. The molecule has 1 aromatic carbocycles. The Balaban J connectivity index is 2.34. The van der Waals surface area contributed by atoms with Crippen LogP contribution in [0.2, 0.25) is 0 Å². The Bertz CT molecular complexity index is 559. The molecule has 0 spiro atoms. The average Bonchev–Trinajstić information content (AvgIpc) is 2.27. The highest BCUT2D eigenvalue weighted by molar-refractivity contribution is 9.10. The van der Waals surface area contributed by atoms with Gasteiger partial charge in [0.05, 0.1) is 11.9 Å². The molecule has 0 bridgehead atoms. The quantitative estimate of drug-likeness (QED) is 0.894. The first-order valence-electron chi connectivity index (χ1n) is 4.87. The number of halogens is 2. The fourth-order valence-electron chi connectivity index (χ4n) is 1.32. The summed E-state index contributed by atoms with van der Waals surface area (Å²) < 4.78 is 14.2. The predicted molar refractivity (Wildman–Crippen MR) is 68.6 cm³/mol. The van der Waals surface area contributed by atoms with Crippen molar-refractivity contribution in [3.8, 4) is 0 Å². The Morgan fingerprint density at radius 1 is 1.41 bits per heavy atom. The van der Waals surface area contributed by atoms with Crippen LogP contribution < -0.4 is 11.1 Å². The number of rotatable bonds is 2. The van der Waals surface area contributed by atoms with Crippen molar-refractivity contribution in [1.82, 2.24) is 9.97 Å². The maximum Gasteiger partial charge on any atom is 0.222 e. The highest BCUT2D eigenvalue weighted by atomic mass is 79.9. The van der Waals surface area contributed by atoms with Crippen LogP contribution in [0.5, 0.6) is 0 Å². The molecular weight excluding hydrogens is 287 g/mol. The Hall–Kier alpha value is -1.69. The summed E-state index contributed by atoms with van der Waals surface area (Å²) in [6.07, 6.45) is 1.03. The maximum atomic E-state index is 13.4. The Morgan fingerprint density at radius 3 is 2.88 bits per heavy atom. The molecule has 4 nitrogen and oxygen atoms in total. The van der Waals surface area contributed by atoms with Gasteiger partial charge >= 0.3 is 0 Å². The van der Waals surface area contributed by atoms with E-state index in [-0.39, 0.29) is 11.8 Å². The number of nitrogens with zero attached hydrogens (tertiary/aromatic N) is 2. The highest BCUT2D eigenvalue weighted by Gasteiger charge is 2.07. The lowest BCUT2D eigenvalue weighted by molar-refractivity contribution is 0.620. The minimum absolute atomic E-state index is 0.0251. The fraction of sp³-hybridized carbons (Fsp3) is 0.0909. The van der Waals surface area contributed by atoms with Crippen molar-refractivity contribution in [2.45, 2.75) is 6.92 Å². The van der Waals surface area contributed by atoms with Crippen molar-refractivity contribution in [1.29, 1.82) is 0 Å². The van der Waals surface area contributed by atoms with E-state index in [0.29, 0.717) is 5.69 Å². The fourth-order valence-corrected chi connectivity index (χ4v) is 1.91. The van der Waals surface area contributed by atoms with Gasteiger partial charge in [0.1, 0.15) is 0 Å². The van der Waals surface area contributed by atoms with E-state index in [2.05, 4.69) is 31.2 Å². The molecule has 0 radical (unpaired) electrons. The number of nitrogens with two attached hydrogens (primary N) is 1. The van der Waals surface area contributed by atoms with Gasteiger partial charge in [-0.15, -0.1) is 0 Å². The van der Waals surface area contributed by atoms with E-state index in [1.807, 2.05) is 25.1 Å². The van der Waals surface area contributed by atoms with Crippen LogP contribution in [0.3, 0.4) is 0 Å². The Kier molecular flexibility index (Phi) is 3.23. The number of nitrogen functional groups attached to an aromatic ring is 1. The third kappa shape index (κ3) is 2.71. The topological polar surface area (TPSA) is 63.8 Å². The molecule has 0 fully saturated rings. The van der Waals surface area contributed by atoms with Gasteiger partial charge in [-0.25, -0.2) is 9.37 Å². The van der Waals surface area contributed by atoms with Gasteiger partial charge in [0.2, 0.25) is 5.95 Å². The zero-order chi connectivity index (χ0) is 12.4. The zero-order valence-corrected chi connectivity index (χ0v) is 10.6. The van der Waals surface area contributed by atoms with Crippen LogP contribution in [-0.2, 0) is 0 Å². The van der Waals surface area contributed by atoms with E-state index in [1.165, 1.54) is 0 Å². The van der Waals surface area contributed by atoms with Gasteiger partial charge < -0.3 is 11.1 Å². The van der Waals surface area contributed by atoms with E-state index in [1.54, 1.807) is 0 Å². The molecular formula is C11H10BrFN4. The van der Waals surface area contributed by atoms with Crippen LogP contribution in [0.4, 0.5) is 21.8 Å². The smallest absolute Gasteiger partial charge is 0.222 e. The second-order valence-electron chi connectivity index (χ2n) is 3.53. The standard InChI is InChI=1S/C11H10BrFN4/c1-6-2-3-9(7(12)4-6)16-10-8(13)5-15-11(14)17-10/h2-5H,1H3,(H3,14,15,16,17). The lowest BCUT2D eigenvalue weighted by atomic mass is 10.2. The predicted octanol–water partition coefficient (Wildman–Crippen LogP) is 3.01. The van der Waals surface area contributed by atoms with Gasteiger partial charge in [0.25, 0.3) is 0 Å². The molecule has 88 valence electrons. The number of aryl methyl sites for hydroxylation is 1. The van der Waals surface area contributed by atoms with Crippen molar-refractivity contribution in [2.24, 2.45) is 0 Å². The van der Waals surface area contributed by atoms with Crippen molar-refractivity contribution >= 4 is 33.4 Å². The Labute approximate surface area is 106 Å². The number of aromatic nitrogens is 2. The molecule has 2 aromatic rings. The summed E-state index contributed by atoms with van der Waals surface area (Å²) in [5.41, 5.74) is 7.22. The summed E-state index contributed by atoms with van der Waals surface area (Å²) in [4.78, 5) is 7.35. The van der Waals surface area contributed by atoms with Gasteiger partial charge in [0.15, 0.2) is 11.6 Å². The minimum atomic E-state index is -0.549. The molecule has 0 aliphatic rings. The molecule has 1 aromatic heterocycles. The summed E-state index contributed by atoms with van der Waals surface area (Å²) in [5, 5.41) is 2.86. The largest absolute Gasteiger partial charge is 0.368 e. The lowest BCUT2D eigenvalue weighted by Gasteiger charge is -2.09. The summed E-state index contributed by atoms with van der Waals surface area (Å²) in [5.74, 6) is -0.467. The highest BCUT2D eigenvalue weighted by Crippen LogP contribution is 2.27. The van der Waals surface area contributed by atoms with Crippen molar-refractivity contribution in [3.63, 3.8) is 0 Å². The van der Waals surface area contributed by atoms with Gasteiger partial charge in [-0.3, -0.25) is 0 Å². The number of nitrogens with one attached hydrogen (secondary N) is 1. The number of benzene rings is 1. The van der Waals surface area contributed by atoms with Gasteiger partial charge in [0, 0.05) is 4.47 Å². The first kappa shape index (κ1) is 11.8. The maximum absolute atomic E-state index is 13.4. The summed E-state index contributed by atoms with van der Waals surface area (Å²) in [6.45, 7) is 1.97. The van der Waals surface area contributed by atoms with Crippen LogP contribution in [-0.4, -0.2) is 9.97 Å². The number of hydrogen-bond acceptors (Lipinski definition) is 4. The van der Waals surface area contributed by atoms with Crippen LogP contribution in [0.25, 0.3) is 0 Å². The average molecular weight is 297 g/mol.